The lowest BCUT2D eigenvalue weighted by Gasteiger charge is -2.20. The molecule has 0 bridgehead atoms. The fourth-order valence-corrected chi connectivity index (χ4v) is 1.32. The van der Waals surface area contributed by atoms with E-state index < -0.39 is 0 Å². The second-order valence-electron chi connectivity index (χ2n) is 3.37. The summed E-state index contributed by atoms with van der Waals surface area (Å²) in [5.74, 6) is 0.171. The molecule has 1 atom stereocenters. The molecule has 0 aliphatic carbocycles. The van der Waals surface area contributed by atoms with Crippen molar-refractivity contribution in [3.05, 3.63) is 24.4 Å². The van der Waals surface area contributed by atoms with E-state index in [0.717, 1.165) is 0 Å². The number of carbonyl (C=O) groups is 1. The molecule has 4 heteroatoms. The van der Waals surface area contributed by atoms with Gasteiger partial charge in [0.25, 0.3) is 0 Å². The number of aromatic nitrogens is 1. The van der Waals surface area contributed by atoms with E-state index in [-0.39, 0.29) is 18.4 Å². The van der Waals surface area contributed by atoms with Gasteiger partial charge in [-0.1, -0.05) is 13.0 Å². The predicted octanol–water partition coefficient (Wildman–Crippen LogP) is 1.06. The van der Waals surface area contributed by atoms with Crippen molar-refractivity contribution in [1.82, 2.24) is 4.98 Å². The molecule has 1 aromatic heterocycles. The maximum Gasteiger partial charge on any atom is 0.233 e. The average Bonchev–Trinajstić information content (AvgIpc) is 2.30. The van der Waals surface area contributed by atoms with Crippen LogP contribution in [0.15, 0.2) is 24.4 Å². The Morgan fingerprint density at radius 1 is 1.60 bits per heavy atom. The molecule has 0 fully saturated rings. The Morgan fingerprint density at radius 2 is 2.33 bits per heavy atom. The molecule has 1 aromatic rings. The molecular weight excluding hydrogens is 192 g/mol. The van der Waals surface area contributed by atoms with Gasteiger partial charge in [-0.15, -0.1) is 0 Å². The van der Waals surface area contributed by atoms with Gasteiger partial charge in [-0.3, -0.25) is 9.69 Å². The molecule has 15 heavy (non-hydrogen) atoms. The second kappa shape index (κ2) is 5.46. The number of pyridine rings is 1. The van der Waals surface area contributed by atoms with Gasteiger partial charge in [0.1, 0.15) is 5.82 Å². The SMILES string of the molecule is CCC(CO)C(=O)N(C)c1ccccn1. The van der Waals surface area contributed by atoms with Gasteiger partial charge in [0.15, 0.2) is 0 Å². The summed E-state index contributed by atoms with van der Waals surface area (Å²) in [6.45, 7) is 1.76. The molecule has 0 spiro atoms. The molecule has 0 aliphatic heterocycles. The molecule has 0 aliphatic rings. The zero-order chi connectivity index (χ0) is 11.3. The number of carbonyl (C=O) groups excluding carboxylic acids is 1. The van der Waals surface area contributed by atoms with Crippen LogP contribution in [0.25, 0.3) is 0 Å². The molecular formula is C11H16N2O2. The van der Waals surface area contributed by atoms with E-state index in [0.29, 0.717) is 12.2 Å². The largest absolute Gasteiger partial charge is 0.396 e. The van der Waals surface area contributed by atoms with Crippen molar-refractivity contribution in [3.8, 4) is 0 Å². The Kier molecular flexibility index (Phi) is 4.24. The number of hydrogen-bond acceptors (Lipinski definition) is 3. The van der Waals surface area contributed by atoms with Crippen molar-refractivity contribution < 1.29 is 9.90 Å². The third kappa shape index (κ3) is 2.76. The third-order valence-electron chi connectivity index (χ3n) is 2.39. The van der Waals surface area contributed by atoms with Gasteiger partial charge in [-0.05, 0) is 18.6 Å². The number of aliphatic hydroxyl groups excluding tert-OH is 1. The Hall–Kier alpha value is -1.42. The number of rotatable bonds is 4. The standard InChI is InChI=1S/C11H16N2O2/c1-3-9(8-14)11(15)13(2)10-6-4-5-7-12-10/h4-7,9,14H,3,8H2,1-2H3. The third-order valence-corrected chi connectivity index (χ3v) is 2.39. The van der Waals surface area contributed by atoms with Crippen molar-refractivity contribution in [1.29, 1.82) is 0 Å². The smallest absolute Gasteiger partial charge is 0.233 e. The van der Waals surface area contributed by atoms with Crippen molar-refractivity contribution in [2.75, 3.05) is 18.6 Å². The first-order chi connectivity index (χ1) is 7.20. The highest BCUT2D eigenvalue weighted by molar-refractivity contribution is 5.93. The molecule has 4 nitrogen and oxygen atoms in total. The molecule has 0 aromatic carbocycles. The van der Waals surface area contributed by atoms with E-state index in [4.69, 9.17) is 5.11 Å². The first kappa shape index (κ1) is 11.7. The molecule has 0 saturated heterocycles. The van der Waals surface area contributed by atoms with E-state index >= 15 is 0 Å². The van der Waals surface area contributed by atoms with Crippen molar-refractivity contribution in [2.45, 2.75) is 13.3 Å². The highest BCUT2D eigenvalue weighted by Crippen LogP contribution is 2.12. The zero-order valence-electron chi connectivity index (χ0n) is 9.05. The molecule has 1 rings (SSSR count). The summed E-state index contributed by atoms with van der Waals surface area (Å²) in [6.07, 6.45) is 2.27. The van der Waals surface area contributed by atoms with E-state index in [9.17, 15) is 4.79 Å². The summed E-state index contributed by atoms with van der Waals surface area (Å²) >= 11 is 0. The summed E-state index contributed by atoms with van der Waals surface area (Å²) in [7, 11) is 1.67. The van der Waals surface area contributed by atoms with Crippen LogP contribution in [-0.2, 0) is 4.79 Å². The van der Waals surface area contributed by atoms with E-state index in [1.54, 1.807) is 25.4 Å². The lowest BCUT2D eigenvalue weighted by molar-refractivity contribution is -0.123. The quantitative estimate of drug-likeness (QED) is 0.805. The maximum atomic E-state index is 11.8. The topological polar surface area (TPSA) is 53.4 Å². The number of amides is 1. The normalized spacial score (nSPS) is 12.2. The number of nitrogens with zero attached hydrogens (tertiary/aromatic N) is 2. The predicted molar refractivity (Wildman–Crippen MR) is 58.5 cm³/mol. The fourth-order valence-electron chi connectivity index (χ4n) is 1.32. The van der Waals surface area contributed by atoms with Crippen LogP contribution in [-0.4, -0.2) is 29.7 Å². The van der Waals surface area contributed by atoms with Crippen LogP contribution >= 0.6 is 0 Å². The van der Waals surface area contributed by atoms with Crippen molar-refractivity contribution in [2.24, 2.45) is 5.92 Å². The van der Waals surface area contributed by atoms with E-state index in [1.807, 2.05) is 13.0 Å². The van der Waals surface area contributed by atoms with Gasteiger partial charge in [0, 0.05) is 13.2 Å². The first-order valence-corrected chi connectivity index (χ1v) is 5.00. The minimum absolute atomic E-state index is 0.0984. The zero-order valence-corrected chi connectivity index (χ0v) is 9.05. The van der Waals surface area contributed by atoms with Gasteiger partial charge < -0.3 is 5.11 Å². The molecule has 1 amide bonds. The lowest BCUT2D eigenvalue weighted by Crippen LogP contribution is -2.34. The van der Waals surface area contributed by atoms with Gasteiger partial charge in [-0.25, -0.2) is 4.98 Å². The van der Waals surface area contributed by atoms with Gasteiger partial charge in [0.2, 0.25) is 5.91 Å². The summed E-state index contributed by atoms with van der Waals surface area (Å²) in [5, 5.41) is 9.02. The molecule has 1 heterocycles. The molecule has 1 unspecified atom stereocenters. The summed E-state index contributed by atoms with van der Waals surface area (Å²) in [4.78, 5) is 17.4. The van der Waals surface area contributed by atoms with Gasteiger partial charge in [-0.2, -0.15) is 0 Å². The highest BCUT2D eigenvalue weighted by Gasteiger charge is 2.20. The van der Waals surface area contributed by atoms with Crippen LogP contribution in [0.4, 0.5) is 5.82 Å². The Labute approximate surface area is 89.6 Å². The van der Waals surface area contributed by atoms with Crippen LogP contribution in [0.3, 0.4) is 0 Å². The summed E-state index contributed by atoms with van der Waals surface area (Å²) in [5.41, 5.74) is 0. The van der Waals surface area contributed by atoms with Crippen molar-refractivity contribution in [3.63, 3.8) is 0 Å². The van der Waals surface area contributed by atoms with Crippen LogP contribution in [0.1, 0.15) is 13.3 Å². The Morgan fingerprint density at radius 3 is 2.80 bits per heavy atom. The van der Waals surface area contributed by atoms with Crippen LogP contribution in [0.5, 0.6) is 0 Å². The summed E-state index contributed by atoms with van der Waals surface area (Å²) in [6, 6.07) is 5.39. The Balaban J connectivity index is 2.76. The summed E-state index contributed by atoms with van der Waals surface area (Å²) < 4.78 is 0. The second-order valence-corrected chi connectivity index (χ2v) is 3.37. The lowest BCUT2D eigenvalue weighted by atomic mass is 10.1. The molecule has 1 N–H and O–H groups in total. The minimum atomic E-state index is -0.336. The first-order valence-electron chi connectivity index (χ1n) is 5.00. The number of hydrogen-bond donors (Lipinski definition) is 1. The monoisotopic (exact) mass is 208 g/mol. The number of anilines is 1. The average molecular weight is 208 g/mol. The minimum Gasteiger partial charge on any atom is -0.396 e. The van der Waals surface area contributed by atoms with E-state index in [2.05, 4.69) is 4.98 Å². The molecule has 82 valence electrons. The van der Waals surface area contributed by atoms with Crippen LogP contribution < -0.4 is 4.90 Å². The van der Waals surface area contributed by atoms with Gasteiger partial charge in [0.05, 0.1) is 12.5 Å². The van der Waals surface area contributed by atoms with Crippen LogP contribution in [0, 0.1) is 5.92 Å². The molecule has 0 radical (unpaired) electrons. The van der Waals surface area contributed by atoms with Crippen molar-refractivity contribution >= 4 is 11.7 Å². The Bertz CT molecular complexity index is 310. The number of aliphatic hydroxyl groups is 1. The van der Waals surface area contributed by atoms with Gasteiger partial charge >= 0.3 is 0 Å². The maximum absolute atomic E-state index is 11.8. The molecule has 0 saturated carbocycles. The van der Waals surface area contributed by atoms with E-state index in [1.165, 1.54) is 4.90 Å². The highest BCUT2D eigenvalue weighted by atomic mass is 16.3. The van der Waals surface area contributed by atoms with Crippen LogP contribution in [0.2, 0.25) is 0 Å². The fraction of sp³-hybridized carbons (Fsp3) is 0.455.